The zero-order valence-corrected chi connectivity index (χ0v) is 35.6. The highest BCUT2D eigenvalue weighted by Gasteiger charge is 2.63. The van der Waals surface area contributed by atoms with Gasteiger partial charge in [-0.15, -0.1) is 0 Å². The third-order valence-corrected chi connectivity index (χ3v) is 13.2. The van der Waals surface area contributed by atoms with E-state index in [0.717, 1.165) is 57.2 Å². The first-order valence-corrected chi connectivity index (χ1v) is 21.0. The van der Waals surface area contributed by atoms with Crippen molar-refractivity contribution in [2.45, 2.75) is 71.6 Å². The summed E-state index contributed by atoms with van der Waals surface area (Å²) in [6, 6.07) is 20.3. The molecule has 318 valence electrons. The second kappa shape index (κ2) is 17.6. The molecule has 0 radical (unpaired) electrons. The molecule has 2 saturated carbocycles. The van der Waals surface area contributed by atoms with Gasteiger partial charge in [0.2, 0.25) is 0 Å². The predicted molar refractivity (Wildman–Crippen MR) is 227 cm³/mol. The summed E-state index contributed by atoms with van der Waals surface area (Å²) in [5, 5.41) is 12.2. The van der Waals surface area contributed by atoms with Crippen LogP contribution in [-0.2, 0) is 14.3 Å². The largest absolute Gasteiger partial charge is 0.496 e. The van der Waals surface area contributed by atoms with Crippen LogP contribution < -0.4 is 29.3 Å². The Morgan fingerprint density at radius 3 is 2.23 bits per heavy atom. The number of methoxy groups -OCH3 is 2. The number of nitriles is 1. The van der Waals surface area contributed by atoms with Gasteiger partial charge in [0.1, 0.15) is 35.2 Å². The van der Waals surface area contributed by atoms with E-state index in [-0.39, 0.29) is 58.6 Å². The molecule has 0 spiro atoms. The number of hydrogen-bond donors (Lipinski definition) is 1. The Labute approximate surface area is 352 Å². The molecule has 60 heavy (non-hydrogen) atoms. The maximum absolute atomic E-state index is 13.7. The van der Waals surface area contributed by atoms with Crippen LogP contribution in [0.2, 0.25) is 0 Å². The molecule has 13 heteroatoms. The number of morpholine rings is 1. The maximum atomic E-state index is 13.7. The van der Waals surface area contributed by atoms with E-state index < -0.39 is 6.04 Å². The number of hydrogen-bond acceptors (Lipinski definition) is 12. The number of rotatable bonds is 13. The van der Waals surface area contributed by atoms with Gasteiger partial charge in [0.05, 0.1) is 50.5 Å². The standard InChI is InChI=1S/C47H57N5O8/c1-46(2)43(47(3,4)45(46)60-35-14-9-31(27-48)41(25-35)57-5)26-39(54)30-7-10-32(11-8-30)52-21-22-59-36(29-52)28-50-17-19-51(20-18-50)33-12-15-37(42(23-33)58-6)44(56)49-38-16-13-34(53)24-40(38)55/h7-12,14-15,23,25,36,38,43,45H,13,16-22,24,26,28-29H2,1-6H3,(H,49,56)/t36-,38?,43?,45?/m0/s1. The van der Waals surface area contributed by atoms with Gasteiger partial charge in [0.25, 0.3) is 5.91 Å². The van der Waals surface area contributed by atoms with Crippen molar-refractivity contribution in [3.63, 3.8) is 0 Å². The third-order valence-electron chi connectivity index (χ3n) is 13.2. The molecule has 1 N–H and O–H groups in total. The van der Waals surface area contributed by atoms with Crippen LogP contribution in [0, 0.1) is 28.1 Å². The highest BCUT2D eigenvalue weighted by Crippen LogP contribution is 2.62. The van der Waals surface area contributed by atoms with Crippen molar-refractivity contribution in [2.24, 2.45) is 16.7 Å². The maximum Gasteiger partial charge on any atom is 0.255 e. The van der Waals surface area contributed by atoms with Crippen molar-refractivity contribution in [1.82, 2.24) is 10.2 Å². The first kappa shape index (κ1) is 42.7. The zero-order valence-electron chi connectivity index (χ0n) is 35.6. The van der Waals surface area contributed by atoms with Crippen LogP contribution in [0.25, 0.3) is 0 Å². The quantitative estimate of drug-likeness (QED) is 0.166. The Morgan fingerprint density at radius 2 is 1.57 bits per heavy atom. The number of ether oxygens (including phenoxy) is 4. The number of carbonyl (C=O) groups excluding carboxylic acids is 4. The summed E-state index contributed by atoms with van der Waals surface area (Å²) < 4.78 is 23.7. The van der Waals surface area contributed by atoms with E-state index in [1.165, 1.54) is 7.11 Å². The van der Waals surface area contributed by atoms with Crippen molar-refractivity contribution in [1.29, 1.82) is 5.26 Å². The number of carbonyl (C=O) groups is 4. The van der Waals surface area contributed by atoms with Crippen molar-refractivity contribution in [3.8, 4) is 23.3 Å². The second-order valence-corrected chi connectivity index (χ2v) is 17.7. The Kier molecular flexibility index (Phi) is 12.5. The lowest BCUT2D eigenvalue weighted by Crippen LogP contribution is -2.66. The first-order chi connectivity index (χ1) is 28.7. The van der Waals surface area contributed by atoms with Gasteiger partial charge in [0, 0.05) is 98.6 Å². The summed E-state index contributed by atoms with van der Waals surface area (Å²) in [6.45, 7) is 15.0. The summed E-state index contributed by atoms with van der Waals surface area (Å²) in [5.74, 6) is 1.08. The van der Waals surface area contributed by atoms with E-state index in [0.29, 0.717) is 59.8 Å². The SMILES string of the molecule is COc1cc(OC2C(C)(C)C(CC(=O)c3ccc(N4CCO[C@@H](CN5CCN(c6ccc(C(=O)NC7CCC(=O)CC7=O)c(OC)c6)CC5)C4)cc3)C2(C)C)ccc1C#N. The van der Waals surface area contributed by atoms with Gasteiger partial charge in [-0.25, -0.2) is 0 Å². The summed E-state index contributed by atoms with van der Waals surface area (Å²) in [5.41, 5.74) is 3.05. The molecule has 2 heterocycles. The molecule has 4 fully saturated rings. The summed E-state index contributed by atoms with van der Waals surface area (Å²) in [7, 11) is 3.07. The van der Waals surface area contributed by atoms with E-state index in [4.69, 9.17) is 18.9 Å². The van der Waals surface area contributed by atoms with Crippen LogP contribution in [0.5, 0.6) is 17.2 Å². The highest BCUT2D eigenvalue weighted by molar-refractivity contribution is 6.07. The minimum atomic E-state index is -0.654. The van der Waals surface area contributed by atoms with E-state index in [9.17, 15) is 24.4 Å². The van der Waals surface area contributed by atoms with Gasteiger partial charge < -0.3 is 34.1 Å². The van der Waals surface area contributed by atoms with Crippen LogP contribution in [0.1, 0.15) is 79.7 Å². The normalized spacial score (nSPS) is 23.9. The van der Waals surface area contributed by atoms with Gasteiger partial charge in [0.15, 0.2) is 11.6 Å². The predicted octanol–water partition coefficient (Wildman–Crippen LogP) is 5.73. The lowest BCUT2D eigenvalue weighted by Gasteiger charge is -2.63. The van der Waals surface area contributed by atoms with Gasteiger partial charge in [-0.1, -0.05) is 27.7 Å². The molecule has 2 atom stereocenters. The highest BCUT2D eigenvalue weighted by atomic mass is 16.5. The monoisotopic (exact) mass is 819 g/mol. The van der Waals surface area contributed by atoms with E-state index in [2.05, 4.69) is 65.9 Å². The number of nitrogens with zero attached hydrogens (tertiary/aromatic N) is 4. The number of benzene rings is 3. The van der Waals surface area contributed by atoms with Crippen molar-refractivity contribution in [3.05, 3.63) is 77.4 Å². The first-order valence-electron chi connectivity index (χ1n) is 21.0. The lowest BCUT2D eigenvalue weighted by molar-refractivity contribution is -0.196. The fraction of sp³-hybridized carbons (Fsp3) is 0.511. The number of amides is 1. The molecule has 4 aliphatic rings. The van der Waals surface area contributed by atoms with Crippen LogP contribution in [-0.4, -0.2) is 113 Å². The number of ketones is 3. The van der Waals surface area contributed by atoms with E-state index in [1.54, 1.807) is 31.4 Å². The molecule has 2 aliphatic heterocycles. The number of nitrogens with one attached hydrogen (secondary N) is 1. The number of anilines is 2. The minimum absolute atomic E-state index is 0.0438. The van der Waals surface area contributed by atoms with Gasteiger partial charge in [-0.3, -0.25) is 24.1 Å². The molecule has 1 amide bonds. The molecule has 2 saturated heterocycles. The van der Waals surface area contributed by atoms with Crippen LogP contribution in [0.4, 0.5) is 11.4 Å². The average molecular weight is 820 g/mol. The van der Waals surface area contributed by atoms with Crippen LogP contribution in [0.3, 0.4) is 0 Å². The van der Waals surface area contributed by atoms with E-state index in [1.807, 2.05) is 24.3 Å². The summed E-state index contributed by atoms with van der Waals surface area (Å²) in [6.07, 6.45) is 0.831. The number of piperazine rings is 1. The molecule has 0 aromatic heterocycles. The van der Waals surface area contributed by atoms with Gasteiger partial charge in [-0.05, 0) is 60.9 Å². The van der Waals surface area contributed by atoms with Crippen molar-refractivity contribution >= 4 is 34.6 Å². The number of Topliss-reactive ketones (excluding diaryl/α,β-unsaturated/α-hetero) is 3. The molecule has 2 aliphatic carbocycles. The Balaban J connectivity index is 0.885. The molecule has 3 aromatic carbocycles. The van der Waals surface area contributed by atoms with Gasteiger partial charge in [-0.2, -0.15) is 5.26 Å². The van der Waals surface area contributed by atoms with Crippen molar-refractivity contribution in [2.75, 3.05) is 76.4 Å². The molecule has 13 nitrogen and oxygen atoms in total. The summed E-state index contributed by atoms with van der Waals surface area (Å²) >= 11 is 0. The fourth-order valence-electron chi connectivity index (χ4n) is 10.0. The van der Waals surface area contributed by atoms with Gasteiger partial charge >= 0.3 is 0 Å². The third kappa shape index (κ3) is 8.86. The molecular formula is C47H57N5O8. The Bertz CT molecular complexity index is 2120. The fourth-order valence-corrected chi connectivity index (χ4v) is 10.0. The smallest absolute Gasteiger partial charge is 0.255 e. The topological polar surface area (TPSA) is 151 Å². The lowest BCUT2D eigenvalue weighted by atomic mass is 9.44. The molecule has 0 bridgehead atoms. The molecular weight excluding hydrogens is 763 g/mol. The second-order valence-electron chi connectivity index (χ2n) is 17.7. The molecule has 7 rings (SSSR count). The van der Waals surface area contributed by atoms with Crippen LogP contribution in [0.15, 0.2) is 60.7 Å². The van der Waals surface area contributed by atoms with Crippen molar-refractivity contribution < 1.29 is 38.1 Å². The molecule has 1 unspecified atom stereocenters. The molecule has 3 aromatic rings. The summed E-state index contributed by atoms with van der Waals surface area (Å²) in [4.78, 5) is 57.7. The average Bonchev–Trinajstić information content (AvgIpc) is 3.25. The zero-order chi connectivity index (χ0) is 42.8. The Morgan fingerprint density at radius 1 is 0.867 bits per heavy atom. The Hall–Kier alpha value is -5.45. The van der Waals surface area contributed by atoms with E-state index >= 15 is 0 Å². The minimum Gasteiger partial charge on any atom is -0.496 e. The van der Waals surface area contributed by atoms with Crippen LogP contribution >= 0.6 is 0 Å².